The van der Waals surface area contributed by atoms with Crippen LogP contribution in [-0.2, 0) is 13.0 Å². The molecule has 0 aliphatic carbocycles. The molecule has 0 atom stereocenters. The van der Waals surface area contributed by atoms with Gasteiger partial charge in [0.15, 0.2) is 5.13 Å². The first-order chi connectivity index (χ1) is 7.79. The van der Waals surface area contributed by atoms with E-state index in [9.17, 15) is 0 Å². The lowest BCUT2D eigenvalue weighted by atomic mass is 10.2. The fourth-order valence-corrected chi connectivity index (χ4v) is 2.21. The van der Waals surface area contributed by atoms with E-state index in [-0.39, 0.29) is 0 Å². The highest BCUT2D eigenvalue weighted by Crippen LogP contribution is 2.18. The standard InChI is InChI=1S/C12H15N3S/c1-2-10-8-16-12(15-10)14-7-9-5-3-4-6-11(9)13/h3-6,8H,2,7,13H2,1H3,(H,14,15). The number of nitrogens with one attached hydrogen (secondary N) is 1. The molecule has 0 amide bonds. The van der Waals surface area contributed by atoms with E-state index >= 15 is 0 Å². The zero-order valence-electron chi connectivity index (χ0n) is 9.23. The Morgan fingerprint density at radius 1 is 1.38 bits per heavy atom. The smallest absolute Gasteiger partial charge is 0.183 e. The largest absolute Gasteiger partial charge is 0.398 e. The second kappa shape index (κ2) is 4.99. The van der Waals surface area contributed by atoms with Gasteiger partial charge in [-0.25, -0.2) is 4.98 Å². The first-order valence-corrected chi connectivity index (χ1v) is 6.19. The lowest BCUT2D eigenvalue weighted by Gasteiger charge is -2.05. The molecule has 0 unspecified atom stereocenters. The molecule has 4 heteroatoms. The van der Waals surface area contributed by atoms with Crippen LogP contribution in [0.25, 0.3) is 0 Å². The van der Waals surface area contributed by atoms with Crippen molar-refractivity contribution < 1.29 is 0 Å². The van der Waals surface area contributed by atoms with Crippen LogP contribution in [0.2, 0.25) is 0 Å². The molecule has 1 aromatic carbocycles. The van der Waals surface area contributed by atoms with Crippen LogP contribution in [0.4, 0.5) is 10.8 Å². The molecule has 16 heavy (non-hydrogen) atoms. The molecule has 3 N–H and O–H groups in total. The van der Waals surface area contributed by atoms with E-state index in [1.165, 1.54) is 0 Å². The summed E-state index contributed by atoms with van der Waals surface area (Å²) in [6.07, 6.45) is 0.978. The summed E-state index contributed by atoms with van der Waals surface area (Å²) >= 11 is 1.64. The van der Waals surface area contributed by atoms with Gasteiger partial charge in [-0.1, -0.05) is 25.1 Å². The predicted molar refractivity (Wildman–Crippen MR) is 69.7 cm³/mol. The van der Waals surface area contributed by atoms with Crippen LogP contribution in [0.1, 0.15) is 18.2 Å². The van der Waals surface area contributed by atoms with Crippen molar-refractivity contribution in [1.82, 2.24) is 4.98 Å². The molecule has 84 valence electrons. The van der Waals surface area contributed by atoms with E-state index < -0.39 is 0 Å². The van der Waals surface area contributed by atoms with Gasteiger partial charge < -0.3 is 11.1 Å². The maximum atomic E-state index is 5.86. The highest BCUT2D eigenvalue weighted by molar-refractivity contribution is 7.13. The summed E-state index contributed by atoms with van der Waals surface area (Å²) in [7, 11) is 0. The van der Waals surface area contributed by atoms with Crippen LogP contribution in [0.5, 0.6) is 0 Å². The number of para-hydroxylation sites is 1. The quantitative estimate of drug-likeness (QED) is 0.798. The molecule has 1 aromatic heterocycles. The van der Waals surface area contributed by atoms with E-state index in [1.54, 1.807) is 11.3 Å². The number of nitrogen functional groups attached to an aromatic ring is 1. The average molecular weight is 233 g/mol. The zero-order valence-corrected chi connectivity index (χ0v) is 10.1. The fourth-order valence-electron chi connectivity index (χ4n) is 1.42. The number of thiazole rings is 1. The maximum absolute atomic E-state index is 5.86. The summed E-state index contributed by atoms with van der Waals surface area (Å²) in [5, 5.41) is 6.32. The Balaban J connectivity index is 1.99. The van der Waals surface area contributed by atoms with Crippen molar-refractivity contribution in [2.24, 2.45) is 0 Å². The van der Waals surface area contributed by atoms with Gasteiger partial charge in [0.25, 0.3) is 0 Å². The number of rotatable bonds is 4. The number of anilines is 2. The van der Waals surface area contributed by atoms with E-state index in [1.807, 2.05) is 24.3 Å². The third-order valence-electron chi connectivity index (χ3n) is 2.40. The van der Waals surface area contributed by atoms with Gasteiger partial charge in [0, 0.05) is 17.6 Å². The summed E-state index contributed by atoms with van der Waals surface area (Å²) in [6, 6.07) is 7.87. The molecule has 0 bridgehead atoms. The molecule has 0 fully saturated rings. The zero-order chi connectivity index (χ0) is 11.4. The van der Waals surface area contributed by atoms with Crippen LogP contribution in [0.15, 0.2) is 29.6 Å². The second-order valence-electron chi connectivity index (χ2n) is 3.55. The molecular weight excluding hydrogens is 218 g/mol. The Bertz CT molecular complexity index is 465. The minimum absolute atomic E-state index is 0.726. The summed E-state index contributed by atoms with van der Waals surface area (Å²) in [4.78, 5) is 4.44. The Kier molecular flexibility index (Phi) is 3.41. The summed E-state index contributed by atoms with van der Waals surface area (Å²) in [5.41, 5.74) is 8.92. The molecule has 0 aliphatic rings. The maximum Gasteiger partial charge on any atom is 0.183 e. The molecule has 0 saturated carbocycles. The minimum atomic E-state index is 0.726. The Hall–Kier alpha value is -1.55. The molecular formula is C12H15N3S. The Labute approximate surface area is 99.3 Å². The number of benzene rings is 1. The van der Waals surface area contributed by atoms with Gasteiger partial charge in [-0.3, -0.25) is 0 Å². The molecule has 2 rings (SSSR count). The molecule has 0 spiro atoms. The SMILES string of the molecule is CCc1csc(NCc2ccccc2N)n1. The highest BCUT2D eigenvalue weighted by Gasteiger charge is 2.01. The second-order valence-corrected chi connectivity index (χ2v) is 4.41. The molecule has 0 radical (unpaired) electrons. The lowest BCUT2D eigenvalue weighted by Crippen LogP contribution is -2.02. The number of nitrogens with zero attached hydrogens (tertiary/aromatic N) is 1. The lowest BCUT2D eigenvalue weighted by molar-refractivity contribution is 1.05. The van der Waals surface area contributed by atoms with Crippen LogP contribution in [-0.4, -0.2) is 4.98 Å². The Morgan fingerprint density at radius 2 is 2.19 bits per heavy atom. The first-order valence-electron chi connectivity index (χ1n) is 5.31. The molecule has 3 nitrogen and oxygen atoms in total. The summed E-state index contributed by atoms with van der Waals surface area (Å²) in [5.74, 6) is 0. The van der Waals surface area contributed by atoms with Gasteiger partial charge in [0.2, 0.25) is 0 Å². The van der Waals surface area contributed by atoms with Crippen molar-refractivity contribution in [3.05, 3.63) is 40.9 Å². The van der Waals surface area contributed by atoms with Gasteiger partial charge >= 0.3 is 0 Å². The van der Waals surface area contributed by atoms with Gasteiger partial charge in [-0.15, -0.1) is 11.3 Å². The third-order valence-corrected chi connectivity index (χ3v) is 3.25. The normalized spacial score (nSPS) is 10.3. The van der Waals surface area contributed by atoms with Gasteiger partial charge in [0.1, 0.15) is 0 Å². The number of aromatic nitrogens is 1. The van der Waals surface area contributed by atoms with Crippen molar-refractivity contribution >= 4 is 22.2 Å². The van der Waals surface area contributed by atoms with Crippen molar-refractivity contribution in [3.8, 4) is 0 Å². The van der Waals surface area contributed by atoms with Gasteiger partial charge in [-0.2, -0.15) is 0 Å². The van der Waals surface area contributed by atoms with Crippen molar-refractivity contribution in [1.29, 1.82) is 0 Å². The van der Waals surface area contributed by atoms with Gasteiger partial charge in [0.05, 0.1) is 5.69 Å². The van der Waals surface area contributed by atoms with Crippen molar-refractivity contribution in [2.45, 2.75) is 19.9 Å². The minimum Gasteiger partial charge on any atom is -0.398 e. The molecule has 0 aliphatic heterocycles. The average Bonchev–Trinajstić information content (AvgIpc) is 2.76. The fraction of sp³-hybridized carbons (Fsp3) is 0.250. The van der Waals surface area contributed by atoms with E-state index in [0.29, 0.717) is 0 Å². The summed E-state index contributed by atoms with van der Waals surface area (Å²) < 4.78 is 0. The van der Waals surface area contributed by atoms with Crippen LogP contribution in [0, 0.1) is 0 Å². The van der Waals surface area contributed by atoms with Crippen molar-refractivity contribution in [2.75, 3.05) is 11.1 Å². The molecule has 1 heterocycles. The van der Waals surface area contributed by atoms with E-state index in [4.69, 9.17) is 5.73 Å². The third kappa shape index (κ3) is 2.52. The topological polar surface area (TPSA) is 50.9 Å². The number of hydrogen-bond donors (Lipinski definition) is 2. The first kappa shape index (κ1) is 11.0. The number of nitrogens with two attached hydrogens (primary N) is 1. The van der Waals surface area contributed by atoms with Crippen LogP contribution >= 0.6 is 11.3 Å². The van der Waals surface area contributed by atoms with E-state index in [0.717, 1.165) is 35.0 Å². The van der Waals surface area contributed by atoms with Crippen molar-refractivity contribution in [3.63, 3.8) is 0 Å². The Morgan fingerprint density at radius 3 is 2.88 bits per heavy atom. The van der Waals surface area contributed by atoms with E-state index in [2.05, 4.69) is 22.6 Å². The molecule has 2 aromatic rings. The number of aryl methyl sites for hydroxylation is 1. The molecule has 0 saturated heterocycles. The summed E-state index contributed by atoms with van der Waals surface area (Å²) in [6.45, 7) is 2.83. The van der Waals surface area contributed by atoms with Crippen LogP contribution in [0.3, 0.4) is 0 Å². The van der Waals surface area contributed by atoms with Crippen LogP contribution < -0.4 is 11.1 Å². The predicted octanol–water partition coefficient (Wildman–Crippen LogP) is 2.90. The number of hydrogen-bond acceptors (Lipinski definition) is 4. The highest BCUT2D eigenvalue weighted by atomic mass is 32.1. The van der Waals surface area contributed by atoms with Gasteiger partial charge in [-0.05, 0) is 18.1 Å². The monoisotopic (exact) mass is 233 g/mol.